The molecule has 5 fully saturated rings. The summed E-state index contributed by atoms with van der Waals surface area (Å²) in [6.45, 7) is -0.587. The SMILES string of the molecule is N=C1N[C@H](O)[C@H]2[C@H]3O[C@]4(O)O[C@@H](C(O)[C@@]2(N1)[C@@H]4O)[C@]3(O)CO.NCc1cc(O)no1. The summed E-state index contributed by atoms with van der Waals surface area (Å²) in [6, 6.07) is 1.38. The minimum atomic E-state index is -2.53. The molecule has 6 rings (SSSR count). The number of nitrogens with two attached hydrogens (primary N) is 1. The van der Waals surface area contributed by atoms with E-state index >= 15 is 0 Å². The first-order valence-corrected chi connectivity index (χ1v) is 8.97. The molecule has 4 aliphatic heterocycles. The molecule has 0 radical (unpaired) electrons. The number of nitrogens with one attached hydrogen (secondary N) is 3. The molecule has 1 aliphatic carbocycles. The number of aromatic hydroxyl groups is 1. The summed E-state index contributed by atoms with van der Waals surface area (Å²) < 4.78 is 14.8. The second kappa shape index (κ2) is 6.71. The van der Waals surface area contributed by atoms with E-state index in [0.717, 1.165) is 0 Å². The van der Waals surface area contributed by atoms with Gasteiger partial charge in [-0.15, -0.1) is 0 Å². The van der Waals surface area contributed by atoms with Gasteiger partial charge >= 0.3 is 5.97 Å². The minimum absolute atomic E-state index is 0.120. The van der Waals surface area contributed by atoms with Crippen LogP contribution in [0, 0.1) is 11.3 Å². The third-order valence-electron chi connectivity index (χ3n) is 6.00. The van der Waals surface area contributed by atoms with Gasteiger partial charge in [-0.05, 0) is 5.16 Å². The van der Waals surface area contributed by atoms with Crippen LogP contribution in [0.2, 0.25) is 0 Å². The van der Waals surface area contributed by atoms with Crippen molar-refractivity contribution in [2.24, 2.45) is 11.7 Å². The third-order valence-corrected chi connectivity index (χ3v) is 6.00. The summed E-state index contributed by atoms with van der Waals surface area (Å²) in [5.74, 6) is -3.70. The normalized spacial score (nSPS) is 48.3. The lowest BCUT2D eigenvalue weighted by atomic mass is 9.55. The summed E-state index contributed by atoms with van der Waals surface area (Å²) in [5, 5.41) is 85.9. The van der Waals surface area contributed by atoms with Crippen LogP contribution in [0.25, 0.3) is 0 Å². The van der Waals surface area contributed by atoms with E-state index in [4.69, 9.17) is 25.7 Å². The summed E-state index contributed by atoms with van der Waals surface area (Å²) in [7, 11) is 0. The maximum atomic E-state index is 10.6. The fraction of sp³-hybridized carbons (Fsp3) is 0.733. The Bertz CT molecular complexity index is 840. The zero-order valence-corrected chi connectivity index (χ0v) is 15.3. The van der Waals surface area contributed by atoms with Crippen molar-refractivity contribution >= 4 is 5.96 Å². The van der Waals surface area contributed by atoms with Crippen molar-refractivity contribution < 1.29 is 49.7 Å². The van der Waals surface area contributed by atoms with E-state index in [-0.39, 0.29) is 18.4 Å². The van der Waals surface area contributed by atoms with E-state index in [1.165, 1.54) is 6.07 Å². The smallest absolute Gasteiger partial charge is 0.311 e. The van der Waals surface area contributed by atoms with E-state index in [2.05, 4.69) is 20.3 Å². The van der Waals surface area contributed by atoms with Gasteiger partial charge in [-0.2, -0.15) is 0 Å². The van der Waals surface area contributed by atoms with E-state index in [0.29, 0.717) is 5.76 Å². The van der Waals surface area contributed by atoms with Crippen molar-refractivity contribution in [3.8, 4) is 5.88 Å². The highest BCUT2D eigenvalue weighted by Crippen LogP contribution is 2.58. The highest BCUT2D eigenvalue weighted by atomic mass is 16.9. The Hall–Kier alpha value is -2.08. The van der Waals surface area contributed by atoms with Crippen molar-refractivity contribution in [2.75, 3.05) is 6.61 Å². The van der Waals surface area contributed by atoms with Crippen LogP contribution in [0.3, 0.4) is 0 Å². The van der Waals surface area contributed by atoms with Crippen molar-refractivity contribution in [1.29, 1.82) is 5.41 Å². The Labute approximate surface area is 168 Å². The van der Waals surface area contributed by atoms with Crippen LogP contribution >= 0.6 is 0 Å². The molecular formula is C15H23N5O10. The Kier molecular flexibility index (Phi) is 4.73. The van der Waals surface area contributed by atoms with Gasteiger partial charge in [0.1, 0.15) is 35.7 Å². The first kappa shape index (κ1) is 21.2. The molecule has 15 heteroatoms. The molecule has 0 amide bonds. The molecule has 4 bridgehead atoms. The second-order valence-electron chi connectivity index (χ2n) is 7.61. The third kappa shape index (κ3) is 2.58. The average molecular weight is 433 g/mol. The van der Waals surface area contributed by atoms with Gasteiger partial charge in [-0.3, -0.25) is 5.41 Å². The predicted molar refractivity (Wildman–Crippen MR) is 91.0 cm³/mol. The highest BCUT2D eigenvalue weighted by molar-refractivity contribution is 5.79. The van der Waals surface area contributed by atoms with Crippen molar-refractivity contribution in [2.45, 2.75) is 54.3 Å². The molecule has 1 saturated carbocycles. The van der Waals surface area contributed by atoms with E-state index in [9.17, 15) is 30.6 Å². The Morgan fingerprint density at radius 1 is 1.20 bits per heavy atom. The summed E-state index contributed by atoms with van der Waals surface area (Å²) in [4.78, 5) is 0. The minimum Gasteiger partial charge on any atom is -0.491 e. The molecule has 5 heterocycles. The van der Waals surface area contributed by atoms with Crippen LogP contribution in [0.4, 0.5) is 0 Å². The second-order valence-corrected chi connectivity index (χ2v) is 7.61. The maximum absolute atomic E-state index is 10.6. The van der Waals surface area contributed by atoms with Gasteiger partial charge in [0.25, 0.3) is 5.88 Å². The largest absolute Gasteiger partial charge is 0.491 e. The number of aliphatic hydroxyl groups excluding tert-OH is 4. The Morgan fingerprint density at radius 3 is 2.40 bits per heavy atom. The van der Waals surface area contributed by atoms with Gasteiger partial charge in [0.15, 0.2) is 17.8 Å². The molecule has 1 aromatic heterocycles. The first-order chi connectivity index (χ1) is 14.0. The van der Waals surface area contributed by atoms with Gasteiger partial charge in [-0.1, -0.05) is 0 Å². The predicted octanol–water partition coefficient (Wildman–Crippen LogP) is -5.47. The van der Waals surface area contributed by atoms with Crippen molar-refractivity contribution in [1.82, 2.24) is 15.8 Å². The number of rotatable bonds is 2. The highest BCUT2D eigenvalue weighted by Gasteiger charge is 2.83. The average Bonchev–Trinajstić information content (AvgIpc) is 3.12. The molecule has 9 atom stereocenters. The zero-order valence-electron chi connectivity index (χ0n) is 15.3. The summed E-state index contributed by atoms with van der Waals surface area (Å²) in [6.07, 6.45) is -7.76. The van der Waals surface area contributed by atoms with Gasteiger partial charge in [-0.25, -0.2) is 0 Å². The standard InChI is InChI=1S/C11H17N3O8.C4H6N2O2/c12-8-13-6(17)2-4-9(19,1-15)5-3(16)10(2,14-8)7(18)11(20,21-4)22-5;5-2-3-1-4(7)6-8-3/h2-7,15-20H,1H2,(H3,12,13,14);1H,2,5H2,(H,6,7)/t2-,3?,4-,5+,6-,7+,9+,10-,11+;/m1./s1. The van der Waals surface area contributed by atoms with E-state index in [1.54, 1.807) is 0 Å². The number of guanidine groups is 1. The molecule has 30 heavy (non-hydrogen) atoms. The van der Waals surface area contributed by atoms with Crippen molar-refractivity contribution in [3.05, 3.63) is 11.8 Å². The fourth-order valence-corrected chi connectivity index (χ4v) is 4.67. The van der Waals surface area contributed by atoms with Gasteiger partial charge in [0.05, 0.1) is 19.1 Å². The fourth-order valence-electron chi connectivity index (χ4n) is 4.67. The van der Waals surface area contributed by atoms with Crippen LogP contribution in [-0.2, 0) is 16.0 Å². The molecule has 1 aromatic rings. The Morgan fingerprint density at radius 2 is 1.87 bits per heavy atom. The van der Waals surface area contributed by atoms with E-state index in [1.807, 2.05) is 0 Å². The topological polar surface area (TPSA) is 260 Å². The number of nitrogens with zero attached hydrogens (tertiary/aromatic N) is 1. The number of hydrogen-bond donors (Lipinski definition) is 11. The van der Waals surface area contributed by atoms with Gasteiger partial charge < -0.3 is 66.1 Å². The van der Waals surface area contributed by atoms with Gasteiger partial charge in [0.2, 0.25) is 0 Å². The molecular weight excluding hydrogens is 410 g/mol. The molecule has 12 N–H and O–H groups in total. The molecule has 4 saturated heterocycles. The number of ether oxygens (including phenoxy) is 2. The van der Waals surface area contributed by atoms with Gasteiger partial charge in [0, 0.05) is 6.07 Å². The summed E-state index contributed by atoms with van der Waals surface area (Å²) >= 11 is 0. The monoisotopic (exact) mass is 433 g/mol. The number of aliphatic hydroxyl groups is 6. The zero-order chi connectivity index (χ0) is 22.1. The van der Waals surface area contributed by atoms with Crippen LogP contribution in [0.15, 0.2) is 10.6 Å². The van der Waals surface area contributed by atoms with Crippen LogP contribution < -0.4 is 16.4 Å². The molecule has 5 aliphatic rings. The van der Waals surface area contributed by atoms with Crippen molar-refractivity contribution in [3.63, 3.8) is 0 Å². The van der Waals surface area contributed by atoms with Crippen LogP contribution in [0.1, 0.15) is 5.76 Å². The molecule has 168 valence electrons. The molecule has 15 nitrogen and oxygen atoms in total. The quantitative estimate of drug-likeness (QED) is 0.208. The maximum Gasteiger partial charge on any atom is 0.311 e. The lowest BCUT2D eigenvalue weighted by Crippen LogP contribution is -2.96. The molecule has 0 aromatic carbocycles. The van der Waals surface area contributed by atoms with Crippen LogP contribution in [-0.4, -0.2) is 101 Å². The number of aromatic nitrogens is 1. The first-order valence-electron chi connectivity index (χ1n) is 8.97. The number of hydrogen-bond acceptors (Lipinski definition) is 13. The molecule has 1 unspecified atom stereocenters. The lowest BCUT2D eigenvalue weighted by Gasteiger charge is -2.72. The summed E-state index contributed by atoms with van der Waals surface area (Å²) in [5.41, 5.74) is 1.25. The van der Waals surface area contributed by atoms with Crippen LogP contribution in [0.5, 0.6) is 5.88 Å². The lowest BCUT2D eigenvalue weighted by molar-refractivity contribution is -0.549. The molecule has 1 spiro atoms. The Balaban J connectivity index is 0.000000230. The van der Waals surface area contributed by atoms with E-state index < -0.39 is 60.3 Å².